The lowest BCUT2D eigenvalue weighted by molar-refractivity contribution is 0.0178. The van der Waals surface area contributed by atoms with Gasteiger partial charge in [0.2, 0.25) is 0 Å². The first kappa shape index (κ1) is 13.3. The Kier molecular flexibility index (Phi) is 3.33. The maximum Gasteiger partial charge on any atom is 0.287 e. The van der Waals surface area contributed by atoms with Crippen molar-refractivity contribution in [3.8, 4) is 0 Å². The molecule has 1 aromatic rings. The van der Waals surface area contributed by atoms with Gasteiger partial charge >= 0.3 is 0 Å². The molecule has 0 unspecified atom stereocenters. The van der Waals surface area contributed by atoms with E-state index in [0.29, 0.717) is 5.76 Å². The van der Waals surface area contributed by atoms with Crippen LogP contribution in [0.3, 0.4) is 0 Å². The van der Waals surface area contributed by atoms with Gasteiger partial charge in [0.25, 0.3) is 5.91 Å². The van der Waals surface area contributed by atoms with E-state index in [2.05, 4.69) is 5.32 Å². The van der Waals surface area contributed by atoms with Crippen molar-refractivity contribution in [2.45, 2.75) is 31.3 Å². The monoisotopic (exact) mass is 281 g/mol. The van der Waals surface area contributed by atoms with E-state index in [1.54, 1.807) is 6.92 Å². The number of carbonyl (C=O) groups is 1. The van der Waals surface area contributed by atoms with Gasteiger partial charge in [-0.15, -0.1) is 0 Å². The Balaban J connectivity index is 1.72. The molecule has 2 saturated heterocycles. The Hall–Kier alpha value is -1.70. The van der Waals surface area contributed by atoms with Crippen molar-refractivity contribution < 1.29 is 23.8 Å². The van der Waals surface area contributed by atoms with Crippen molar-refractivity contribution in [3.05, 3.63) is 33.9 Å². The number of nitrogens with one attached hydrogen (secondary N) is 1. The molecule has 0 radical (unpaired) electrons. The van der Waals surface area contributed by atoms with Gasteiger partial charge in [-0.2, -0.15) is 0 Å². The van der Waals surface area contributed by atoms with Crippen LogP contribution in [0, 0.1) is 6.92 Å². The molecule has 0 saturated carbocycles. The molecule has 108 valence electrons. The normalized spacial score (nSPS) is 32.1. The molecule has 20 heavy (non-hydrogen) atoms. The first-order valence-corrected chi connectivity index (χ1v) is 6.38. The summed E-state index contributed by atoms with van der Waals surface area (Å²) < 4.78 is 16.0. The quantitative estimate of drug-likeness (QED) is 0.737. The van der Waals surface area contributed by atoms with Crippen LogP contribution in [-0.4, -0.2) is 48.6 Å². The summed E-state index contributed by atoms with van der Waals surface area (Å²) in [5.41, 5.74) is -0.285. The minimum Gasteiger partial charge on any atom is -0.456 e. The number of amides is 1. The van der Waals surface area contributed by atoms with Gasteiger partial charge in [0.15, 0.2) is 11.2 Å². The van der Waals surface area contributed by atoms with Gasteiger partial charge in [-0.25, -0.2) is 0 Å². The molecule has 4 atom stereocenters. The van der Waals surface area contributed by atoms with Crippen molar-refractivity contribution in [2.24, 2.45) is 0 Å². The van der Waals surface area contributed by atoms with E-state index in [4.69, 9.17) is 13.9 Å². The van der Waals surface area contributed by atoms with Gasteiger partial charge in [-0.3, -0.25) is 9.59 Å². The molecule has 2 fully saturated rings. The Morgan fingerprint density at radius 3 is 2.80 bits per heavy atom. The van der Waals surface area contributed by atoms with Gasteiger partial charge in [0.1, 0.15) is 24.1 Å². The third kappa shape index (κ3) is 2.35. The van der Waals surface area contributed by atoms with E-state index in [1.807, 2.05) is 0 Å². The van der Waals surface area contributed by atoms with E-state index in [0.717, 1.165) is 6.07 Å². The topological polar surface area (TPSA) is 98.0 Å². The van der Waals surface area contributed by atoms with Crippen LogP contribution in [0.5, 0.6) is 0 Å². The number of ether oxygens (including phenoxy) is 2. The van der Waals surface area contributed by atoms with E-state index in [1.165, 1.54) is 6.07 Å². The first-order valence-electron chi connectivity index (χ1n) is 6.38. The average molecular weight is 281 g/mol. The molecule has 3 heterocycles. The number of fused-ring (bicyclic) bond motifs is 1. The number of hydrogen-bond donors (Lipinski definition) is 2. The second-order valence-electron chi connectivity index (χ2n) is 5.01. The minimum atomic E-state index is -0.668. The van der Waals surface area contributed by atoms with Crippen LogP contribution < -0.4 is 10.7 Å². The smallest absolute Gasteiger partial charge is 0.287 e. The fraction of sp³-hybridized carbons (Fsp3) is 0.538. The van der Waals surface area contributed by atoms with E-state index in [9.17, 15) is 14.7 Å². The zero-order valence-electron chi connectivity index (χ0n) is 10.9. The minimum absolute atomic E-state index is 0.0444. The molecule has 7 heteroatoms. The average Bonchev–Trinajstić information content (AvgIpc) is 2.93. The van der Waals surface area contributed by atoms with Crippen LogP contribution in [0.2, 0.25) is 0 Å². The van der Waals surface area contributed by atoms with Crippen molar-refractivity contribution >= 4 is 5.91 Å². The second-order valence-corrected chi connectivity index (χ2v) is 5.01. The number of carbonyl (C=O) groups excluding carboxylic acids is 1. The van der Waals surface area contributed by atoms with E-state index < -0.39 is 18.1 Å². The molecule has 0 bridgehead atoms. The third-order valence-electron chi connectivity index (χ3n) is 3.46. The SMILES string of the molecule is Cc1cc(=O)cc(C(=O)N[C@H]2CO[C@H]3[C@@H]2OC[C@H]3O)o1. The predicted molar refractivity (Wildman–Crippen MR) is 66.5 cm³/mol. The fourth-order valence-corrected chi connectivity index (χ4v) is 2.56. The molecule has 7 nitrogen and oxygen atoms in total. The zero-order valence-corrected chi connectivity index (χ0v) is 10.9. The summed E-state index contributed by atoms with van der Waals surface area (Å²) in [6.07, 6.45) is -1.45. The van der Waals surface area contributed by atoms with Gasteiger partial charge in [-0.05, 0) is 6.92 Å². The summed E-state index contributed by atoms with van der Waals surface area (Å²) in [6.45, 7) is 2.05. The van der Waals surface area contributed by atoms with E-state index in [-0.39, 0.29) is 36.5 Å². The number of aliphatic hydroxyl groups is 1. The van der Waals surface area contributed by atoms with Gasteiger partial charge in [-0.1, -0.05) is 0 Å². The summed E-state index contributed by atoms with van der Waals surface area (Å²) in [5.74, 6) is -0.169. The predicted octanol–water partition coefficient (Wildman–Crippen LogP) is -0.795. The standard InChI is InChI=1S/C13H15NO6/c1-6-2-7(15)3-10(20-6)13(17)14-8-4-18-12-9(16)5-19-11(8)12/h2-3,8-9,11-12,16H,4-5H2,1H3,(H,14,17)/t8-,9+,11+,12+/m0/s1. The lowest BCUT2D eigenvalue weighted by atomic mass is 10.1. The summed E-state index contributed by atoms with van der Waals surface area (Å²) in [4.78, 5) is 23.4. The molecular weight excluding hydrogens is 266 g/mol. The molecule has 2 N–H and O–H groups in total. The molecule has 0 aliphatic carbocycles. The van der Waals surface area contributed by atoms with Crippen LogP contribution in [0.25, 0.3) is 0 Å². The largest absolute Gasteiger partial charge is 0.456 e. The summed E-state index contributed by atoms with van der Waals surface area (Å²) in [6, 6.07) is 2.08. The Labute approximate surface area is 114 Å². The van der Waals surface area contributed by atoms with Crippen LogP contribution in [0.1, 0.15) is 16.3 Å². The third-order valence-corrected chi connectivity index (χ3v) is 3.46. The fourth-order valence-electron chi connectivity index (χ4n) is 2.56. The molecule has 1 amide bonds. The van der Waals surface area contributed by atoms with E-state index >= 15 is 0 Å². The Morgan fingerprint density at radius 1 is 1.30 bits per heavy atom. The highest BCUT2D eigenvalue weighted by atomic mass is 16.6. The highest BCUT2D eigenvalue weighted by Gasteiger charge is 2.47. The zero-order chi connectivity index (χ0) is 14.3. The van der Waals surface area contributed by atoms with Crippen molar-refractivity contribution in [3.63, 3.8) is 0 Å². The van der Waals surface area contributed by atoms with Crippen molar-refractivity contribution in [1.82, 2.24) is 5.32 Å². The summed E-state index contributed by atoms with van der Waals surface area (Å²) in [5, 5.41) is 12.3. The second kappa shape index (κ2) is 5.01. The van der Waals surface area contributed by atoms with Gasteiger partial charge in [0.05, 0.1) is 19.3 Å². The molecule has 3 rings (SSSR count). The van der Waals surface area contributed by atoms with Crippen molar-refractivity contribution in [1.29, 1.82) is 0 Å². The number of aryl methyl sites for hydroxylation is 1. The maximum atomic E-state index is 12.1. The number of rotatable bonds is 2. The first-order chi connectivity index (χ1) is 9.54. The molecule has 2 aliphatic heterocycles. The molecule has 0 spiro atoms. The molecular formula is C13H15NO6. The Morgan fingerprint density at radius 2 is 2.05 bits per heavy atom. The van der Waals surface area contributed by atoms with Crippen LogP contribution in [-0.2, 0) is 9.47 Å². The Bertz CT molecular complexity index is 582. The van der Waals surface area contributed by atoms with Gasteiger partial charge < -0.3 is 24.3 Å². The highest BCUT2D eigenvalue weighted by Crippen LogP contribution is 2.27. The van der Waals surface area contributed by atoms with Gasteiger partial charge in [0, 0.05) is 12.1 Å². The highest BCUT2D eigenvalue weighted by molar-refractivity contribution is 5.91. The van der Waals surface area contributed by atoms with Crippen LogP contribution in [0.15, 0.2) is 21.3 Å². The lowest BCUT2D eigenvalue weighted by Gasteiger charge is -2.16. The molecule has 1 aromatic heterocycles. The number of hydrogen-bond acceptors (Lipinski definition) is 6. The van der Waals surface area contributed by atoms with Crippen LogP contribution >= 0.6 is 0 Å². The molecule has 0 aromatic carbocycles. The number of aliphatic hydroxyl groups excluding tert-OH is 1. The molecule has 2 aliphatic rings. The lowest BCUT2D eigenvalue weighted by Crippen LogP contribution is -2.44. The van der Waals surface area contributed by atoms with Crippen molar-refractivity contribution in [2.75, 3.05) is 13.2 Å². The summed E-state index contributed by atoms with van der Waals surface area (Å²) >= 11 is 0. The van der Waals surface area contributed by atoms with Crippen LogP contribution in [0.4, 0.5) is 0 Å². The summed E-state index contributed by atoms with van der Waals surface area (Å²) in [7, 11) is 0. The maximum absolute atomic E-state index is 12.1.